The topological polar surface area (TPSA) is 70.2 Å². The largest absolute Gasteiger partial charge is 0.396 e. The van der Waals surface area contributed by atoms with Gasteiger partial charge in [0.05, 0.1) is 9.79 Å². The van der Waals surface area contributed by atoms with Crippen LogP contribution in [0.1, 0.15) is 5.56 Å². The zero-order chi connectivity index (χ0) is 14.9. The maximum Gasteiger partial charge on any atom is 0.208 e. The van der Waals surface area contributed by atoms with Gasteiger partial charge in [-0.3, -0.25) is 0 Å². The molecule has 0 radical (unpaired) electrons. The molecule has 0 amide bonds. The summed E-state index contributed by atoms with van der Waals surface area (Å²) in [6, 6.07) is 13.9. The Hall–Kier alpha value is -2.11. The Balaban J connectivity index is 2.13. The quantitative estimate of drug-likeness (QED) is 0.778. The van der Waals surface area contributed by atoms with Crippen molar-refractivity contribution < 1.29 is 13.5 Å². The summed E-state index contributed by atoms with van der Waals surface area (Å²) in [5.41, 5.74) is 1.73. The minimum Gasteiger partial charge on any atom is -0.396 e. The van der Waals surface area contributed by atoms with Crippen molar-refractivity contribution in [1.82, 2.24) is 4.98 Å². The van der Waals surface area contributed by atoms with Crippen molar-refractivity contribution >= 4 is 20.7 Å². The molecule has 1 aromatic heterocycles. The Kier molecular flexibility index (Phi) is 3.53. The highest BCUT2D eigenvalue weighted by Gasteiger charge is 2.21. The van der Waals surface area contributed by atoms with E-state index in [-0.39, 0.29) is 16.4 Å². The average Bonchev–Trinajstić information content (AvgIpc) is 2.92. The Morgan fingerprint density at radius 3 is 2.52 bits per heavy atom. The van der Waals surface area contributed by atoms with Crippen LogP contribution in [0.15, 0.2) is 64.5 Å². The molecule has 3 aromatic rings. The lowest BCUT2D eigenvalue weighted by atomic mass is 10.1. The highest BCUT2D eigenvalue weighted by atomic mass is 32.2. The van der Waals surface area contributed by atoms with Gasteiger partial charge in [0, 0.05) is 23.7 Å². The van der Waals surface area contributed by atoms with Gasteiger partial charge in [0.1, 0.15) is 0 Å². The van der Waals surface area contributed by atoms with Crippen LogP contribution in [0.5, 0.6) is 0 Å². The fourth-order valence-corrected chi connectivity index (χ4v) is 3.83. The molecule has 0 saturated carbocycles. The summed E-state index contributed by atoms with van der Waals surface area (Å²) in [6.45, 7) is 0.0708. The van der Waals surface area contributed by atoms with Gasteiger partial charge in [-0.05, 0) is 30.2 Å². The second kappa shape index (κ2) is 5.35. The number of rotatable bonds is 4. The van der Waals surface area contributed by atoms with E-state index in [1.807, 2.05) is 12.1 Å². The van der Waals surface area contributed by atoms with Crippen molar-refractivity contribution in [2.75, 3.05) is 6.61 Å². The Morgan fingerprint density at radius 1 is 1.05 bits per heavy atom. The zero-order valence-electron chi connectivity index (χ0n) is 11.3. The molecule has 0 aliphatic rings. The molecule has 0 aliphatic heterocycles. The van der Waals surface area contributed by atoms with Crippen LogP contribution in [0, 0.1) is 0 Å². The molecule has 4 nitrogen and oxygen atoms in total. The number of hydrogen-bond donors (Lipinski definition) is 2. The lowest BCUT2D eigenvalue weighted by Gasteiger charge is -2.03. The number of aromatic amines is 1. The van der Waals surface area contributed by atoms with Crippen LogP contribution in [0.2, 0.25) is 0 Å². The lowest BCUT2D eigenvalue weighted by Crippen LogP contribution is -2.00. The fraction of sp³-hybridized carbons (Fsp3) is 0.125. The number of aliphatic hydroxyl groups excluding tert-OH is 1. The number of sulfone groups is 1. The second-order valence-electron chi connectivity index (χ2n) is 4.82. The maximum atomic E-state index is 12.7. The van der Waals surface area contributed by atoms with Gasteiger partial charge in [-0.2, -0.15) is 0 Å². The van der Waals surface area contributed by atoms with Crippen LogP contribution in [-0.2, 0) is 16.3 Å². The minimum atomic E-state index is -3.53. The minimum absolute atomic E-state index is 0.0708. The molecule has 0 spiro atoms. The number of hydrogen-bond acceptors (Lipinski definition) is 3. The Morgan fingerprint density at radius 2 is 1.81 bits per heavy atom. The first-order valence-electron chi connectivity index (χ1n) is 6.64. The molecule has 1 heterocycles. The first-order chi connectivity index (χ1) is 10.1. The van der Waals surface area contributed by atoms with Crippen LogP contribution in [0.4, 0.5) is 0 Å². The Labute approximate surface area is 123 Å². The number of nitrogens with one attached hydrogen (secondary N) is 1. The van der Waals surface area contributed by atoms with E-state index in [1.165, 1.54) is 6.20 Å². The fourth-order valence-electron chi connectivity index (χ4n) is 2.38. The van der Waals surface area contributed by atoms with E-state index in [1.54, 1.807) is 36.4 Å². The molecule has 0 fully saturated rings. The van der Waals surface area contributed by atoms with E-state index in [0.29, 0.717) is 11.8 Å². The number of fused-ring (bicyclic) bond motifs is 1. The van der Waals surface area contributed by atoms with Gasteiger partial charge in [-0.15, -0.1) is 0 Å². The molecular formula is C16H15NO3S. The lowest BCUT2D eigenvalue weighted by molar-refractivity contribution is 0.299. The van der Waals surface area contributed by atoms with E-state index in [4.69, 9.17) is 5.11 Å². The van der Waals surface area contributed by atoms with Crippen molar-refractivity contribution in [3.63, 3.8) is 0 Å². The van der Waals surface area contributed by atoms with Crippen molar-refractivity contribution in [2.24, 2.45) is 0 Å². The Bertz CT molecular complexity index is 867. The van der Waals surface area contributed by atoms with Crippen molar-refractivity contribution in [3.8, 4) is 0 Å². The van der Waals surface area contributed by atoms with Crippen molar-refractivity contribution in [3.05, 3.63) is 60.3 Å². The molecule has 0 saturated heterocycles. The summed E-state index contributed by atoms with van der Waals surface area (Å²) >= 11 is 0. The van der Waals surface area contributed by atoms with Gasteiger partial charge in [0.2, 0.25) is 9.84 Å². The number of H-pyrrole nitrogens is 1. The molecule has 0 unspecified atom stereocenters. The number of aromatic nitrogens is 1. The predicted molar refractivity (Wildman–Crippen MR) is 81.0 cm³/mol. The molecule has 2 aromatic carbocycles. The first kappa shape index (κ1) is 13.9. The molecule has 0 aliphatic carbocycles. The third kappa shape index (κ3) is 2.46. The first-order valence-corrected chi connectivity index (χ1v) is 8.12. The summed E-state index contributed by atoms with van der Waals surface area (Å²) in [6.07, 6.45) is 2.07. The van der Waals surface area contributed by atoms with E-state index in [2.05, 4.69) is 4.98 Å². The summed E-state index contributed by atoms with van der Waals surface area (Å²) in [4.78, 5) is 3.56. The molecule has 3 rings (SSSR count). The van der Waals surface area contributed by atoms with Gasteiger partial charge < -0.3 is 10.1 Å². The van der Waals surface area contributed by atoms with Crippen LogP contribution < -0.4 is 0 Å². The molecule has 0 bridgehead atoms. The zero-order valence-corrected chi connectivity index (χ0v) is 12.1. The van der Waals surface area contributed by atoms with E-state index in [0.717, 1.165) is 11.1 Å². The van der Waals surface area contributed by atoms with Gasteiger partial charge in [0.25, 0.3) is 0 Å². The SMILES string of the molecule is O=S(=O)(c1ccccc1)c1c[nH]c2cc(CCO)ccc12. The van der Waals surface area contributed by atoms with Crippen LogP contribution >= 0.6 is 0 Å². The molecule has 5 heteroatoms. The van der Waals surface area contributed by atoms with Gasteiger partial charge in [-0.1, -0.05) is 30.3 Å². The standard InChI is InChI=1S/C16H15NO3S/c18-9-8-12-6-7-14-15(10-12)17-11-16(14)21(19,20)13-4-2-1-3-5-13/h1-7,10-11,17-18H,8-9H2. The molecule has 21 heavy (non-hydrogen) atoms. The number of aliphatic hydroxyl groups is 1. The highest BCUT2D eigenvalue weighted by molar-refractivity contribution is 7.91. The van der Waals surface area contributed by atoms with E-state index >= 15 is 0 Å². The smallest absolute Gasteiger partial charge is 0.208 e. The molecule has 2 N–H and O–H groups in total. The molecular weight excluding hydrogens is 286 g/mol. The third-order valence-electron chi connectivity index (χ3n) is 3.45. The van der Waals surface area contributed by atoms with Crippen LogP contribution in [-0.4, -0.2) is 25.1 Å². The van der Waals surface area contributed by atoms with Crippen molar-refractivity contribution in [1.29, 1.82) is 0 Å². The average molecular weight is 301 g/mol. The van der Waals surface area contributed by atoms with Gasteiger partial charge in [0.15, 0.2) is 0 Å². The molecule has 0 atom stereocenters. The predicted octanol–water partition coefficient (Wildman–Crippen LogP) is 2.54. The number of benzene rings is 2. The normalized spacial score (nSPS) is 11.9. The summed E-state index contributed by atoms with van der Waals surface area (Å²) in [5.74, 6) is 0. The van der Waals surface area contributed by atoms with Gasteiger partial charge >= 0.3 is 0 Å². The maximum absolute atomic E-state index is 12.7. The summed E-state index contributed by atoms with van der Waals surface area (Å²) in [5, 5.41) is 9.64. The molecule has 108 valence electrons. The summed E-state index contributed by atoms with van der Waals surface area (Å²) < 4.78 is 25.3. The van der Waals surface area contributed by atoms with Gasteiger partial charge in [-0.25, -0.2) is 8.42 Å². The highest BCUT2D eigenvalue weighted by Crippen LogP contribution is 2.28. The van der Waals surface area contributed by atoms with Crippen LogP contribution in [0.3, 0.4) is 0 Å². The van der Waals surface area contributed by atoms with E-state index < -0.39 is 9.84 Å². The van der Waals surface area contributed by atoms with Crippen LogP contribution in [0.25, 0.3) is 10.9 Å². The van der Waals surface area contributed by atoms with Crippen molar-refractivity contribution in [2.45, 2.75) is 16.2 Å². The second-order valence-corrected chi connectivity index (χ2v) is 6.74. The monoisotopic (exact) mass is 301 g/mol. The van der Waals surface area contributed by atoms with E-state index in [9.17, 15) is 8.42 Å². The third-order valence-corrected chi connectivity index (χ3v) is 5.26. The summed E-state index contributed by atoms with van der Waals surface area (Å²) in [7, 11) is -3.53.